The molecule has 92 valence electrons. The van der Waals surface area contributed by atoms with Gasteiger partial charge in [0.2, 0.25) is 5.91 Å². The number of likely N-dealkylation sites (N-methyl/N-ethyl adjacent to an activating group) is 1. The third-order valence-corrected chi connectivity index (χ3v) is 4.32. The van der Waals surface area contributed by atoms with E-state index in [0.717, 1.165) is 25.9 Å². The van der Waals surface area contributed by atoms with E-state index in [2.05, 4.69) is 17.1 Å². The predicted molar refractivity (Wildman–Crippen MR) is 65.2 cm³/mol. The van der Waals surface area contributed by atoms with Crippen molar-refractivity contribution in [3.63, 3.8) is 0 Å². The van der Waals surface area contributed by atoms with Crippen molar-refractivity contribution in [3.05, 3.63) is 0 Å². The van der Waals surface area contributed by atoms with Crippen LogP contribution in [0.4, 0.5) is 0 Å². The molecule has 1 heterocycles. The summed E-state index contributed by atoms with van der Waals surface area (Å²) in [7, 11) is 2.00. The molecule has 0 radical (unpaired) electrons. The van der Waals surface area contributed by atoms with Gasteiger partial charge in [0.1, 0.15) is 0 Å². The standard InChI is InChI=1S/C13H24N2O/c1-10-5-3-7-12(10)13(16)15-8-4-6-11(9-15)14-2/h10-12,14H,3-9H2,1-2H3. The minimum absolute atomic E-state index is 0.315. The molecule has 3 atom stereocenters. The molecule has 1 amide bonds. The highest BCUT2D eigenvalue weighted by Crippen LogP contribution is 2.33. The molecular weight excluding hydrogens is 200 g/mol. The van der Waals surface area contributed by atoms with Gasteiger partial charge in [0, 0.05) is 25.0 Å². The van der Waals surface area contributed by atoms with Crippen molar-refractivity contribution in [2.75, 3.05) is 20.1 Å². The zero-order valence-electron chi connectivity index (χ0n) is 10.5. The van der Waals surface area contributed by atoms with Crippen molar-refractivity contribution in [2.45, 2.75) is 45.1 Å². The third kappa shape index (κ3) is 2.40. The normalized spacial score (nSPS) is 35.4. The van der Waals surface area contributed by atoms with Crippen LogP contribution in [0.1, 0.15) is 39.0 Å². The minimum atomic E-state index is 0.315. The molecule has 2 rings (SSSR count). The highest BCUT2D eigenvalue weighted by atomic mass is 16.2. The van der Waals surface area contributed by atoms with E-state index in [9.17, 15) is 4.79 Å². The molecule has 3 nitrogen and oxygen atoms in total. The number of nitrogens with zero attached hydrogens (tertiary/aromatic N) is 1. The maximum atomic E-state index is 12.4. The van der Waals surface area contributed by atoms with E-state index >= 15 is 0 Å². The number of carbonyl (C=O) groups excluding carboxylic acids is 1. The van der Waals surface area contributed by atoms with E-state index in [-0.39, 0.29) is 0 Å². The van der Waals surface area contributed by atoms with E-state index in [1.54, 1.807) is 0 Å². The van der Waals surface area contributed by atoms with Crippen molar-refractivity contribution in [3.8, 4) is 0 Å². The Morgan fingerprint density at radius 2 is 2.06 bits per heavy atom. The lowest BCUT2D eigenvalue weighted by atomic mass is 9.95. The van der Waals surface area contributed by atoms with Gasteiger partial charge in [-0.2, -0.15) is 0 Å². The van der Waals surface area contributed by atoms with Crippen LogP contribution in [-0.4, -0.2) is 37.0 Å². The Labute approximate surface area is 98.6 Å². The van der Waals surface area contributed by atoms with Crippen LogP contribution >= 0.6 is 0 Å². The Morgan fingerprint density at radius 3 is 2.69 bits per heavy atom. The molecule has 1 aliphatic carbocycles. The van der Waals surface area contributed by atoms with E-state index < -0.39 is 0 Å². The summed E-state index contributed by atoms with van der Waals surface area (Å²) < 4.78 is 0. The summed E-state index contributed by atoms with van der Waals surface area (Å²) in [5.74, 6) is 1.34. The van der Waals surface area contributed by atoms with Gasteiger partial charge in [-0.1, -0.05) is 13.3 Å². The zero-order chi connectivity index (χ0) is 11.5. The molecule has 1 saturated carbocycles. The van der Waals surface area contributed by atoms with E-state index in [1.165, 1.54) is 19.3 Å². The smallest absolute Gasteiger partial charge is 0.226 e. The van der Waals surface area contributed by atoms with Crippen molar-refractivity contribution < 1.29 is 4.79 Å². The van der Waals surface area contributed by atoms with Gasteiger partial charge in [-0.3, -0.25) is 4.79 Å². The molecule has 1 saturated heterocycles. The van der Waals surface area contributed by atoms with Crippen LogP contribution < -0.4 is 5.32 Å². The first kappa shape index (κ1) is 11.9. The van der Waals surface area contributed by atoms with E-state index in [0.29, 0.717) is 23.8 Å². The van der Waals surface area contributed by atoms with Crippen LogP contribution in [0, 0.1) is 11.8 Å². The number of hydrogen-bond acceptors (Lipinski definition) is 2. The van der Waals surface area contributed by atoms with Crippen molar-refractivity contribution in [2.24, 2.45) is 11.8 Å². The molecule has 0 bridgehead atoms. The number of amides is 1. The van der Waals surface area contributed by atoms with Crippen molar-refractivity contribution in [1.29, 1.82) is 0 Å². The Kier molecular flexibility index (Phi) is 3.85. The number of carbonyl (C=O) groups is 1. The molecule has 0 aromatic heterocycles. The fourth-order valence-corrected chi connectivity index (χ4v) is 3.16. The van der Waals surface area contributed by atoms with Crippen LogP contribution in [0.3, 0.4) is 0 Å². The Balaban J connectivity index is 1.93. The topological polar surface area (TPSA) is 32.3 Å². The van der Waals surface area contributed by atoms with Gasteiger partial charge in [-0.05, 0) is 38.6 Å². The quantitative estimate of drug-likeness (QED) is 0.773. The number of piperidine rings is 1. The van der Waals surface area contributed by atoms with Crippen LogP contribution in [0.5, 0.6) is 0 Å². The van der Waals surface area contributed by atoms with Gasteiger partial charge < -0.3 is 10.2 Å². The SMILES string of the molecule is CNC1CCCN(C(=O)C2CCCC2C)C1. The van der Waals surface area contributed by atoms with E-state index in [1.807, 2.05) is 7.05 Å². The molecule has 0 aromatic carbocycles. The maximum absolute atomic E-state index is 12.4. The molecule has 0 aromatic rings. The second-order valence-electron chi connectivity index (χ2n) is 5.43. The summed E-state index contributed by atoms with van der Waals surface area (Å²) in [4.78, 5) is 14.5. The number of nitrogens with one attached hydrogen (secondary N) is 1. The van der Waals surface area contributed by atoms with Gasteiger partial charge in [-0.25, -0.2) is 0 Å². The van der Waals surface area contributed by atoms with Crippen LogP contribution in [0.15, 0.2) is 0 Å². The molecule has 2 aliphatic rings. The van der Waals surface area contributed by atoms with Crippen LogP contribution in [0.25, 0.3) is 0 Å². The second kappa shape index (κ2) is 5.17. The van der Waals surface area contributed by atoms with Crippen molar-refractivity contribution in [1.82, 2.24) is 10.2 Å². The van der Waals surface area contributed by atoms with Gasteiger partial charge >= 0.3 is 0 Å². The summed E-state index contributed by atoms with van der Waals surface area (Å²) in [5.41, 5.74) is 0. The lowest BCUT2D eigenvalue weighted by Gasteiger charge is -2.35. The highest BCUT2D eigenvalue weighted by molar-refractivity contribution is 5.79. The first-order valence-corrected chi connectivity index (χ1v) is 6.68. The van der Waals surface area contributed by atoms with Gasteiger partial charge in [0.15, 0.2) is 0 Å². The number of hydrogen-bond donors (Lipinski definition) is 1. The first-order valence-electron chi connectivity index (χ1n) is 6.68. The lowest BCUT2D eigenvalue weighted by molar-refractivity contribution is -0.137. The molecule has 16 heavy (non-hydrogen) atoms. The average molecular weight is 224 g/mol. The maximum Gasteiger partial charge on any atom is 0.226 e. The first-order chi connectivity index (χ1) is 7.72. The third-order valence-electron chi connectivity index (χ3n) is 4.32. The van der Waals surface area contributed by atoms with Gasteiger partial charge in [-0.15, -0.1) is 0 Å². The van der Waals surface area contributed by atoms with Crippen LogP contribution in [0.2, 0.25) is 0 Å². The Hall–Kier alpha value is -0.570. The molecule has 0 spiro atoms. The number of rotatable bonds is 2. The lowest BCUT2D eigenvalue weighted by Crippen LogP contribution is -2.49. The molecule has 1 aliphatic heterocycles. The van der Waals surface area contributed by atoms with Crippen LogP contribution in [-0.2, 0) is 4.79 Å². The summed E-state index contributed by atoms with van der Waals surface area (Å²) in [6.45, 7) is 4.12. The molecule has 1 N–H and O–H groups in total. The minimum Gasteiger partial charge on any atom is -0.341 e. The summed E-state index contributed by atoms with van der Waals surface area (Å²) in [6.07, 6.45) is 5.94. The Morgan fingerprint density at radius 1 is 1.25 bits per heavy atom. The average Bonchev–Trinajstić information content (AvgIpc) is 2.74. The summed E-state index contributed by atoms with van der Waals surface area (Å²) >= 11 is 0. The summed E-state index contributed by atoms with van der Waals surface area (Å²) in [6, 6.07) is 0.509. The monoisotopic (exact) mass is 224 g/mol. The zero-order valence-corrected chi connectivity index (χ0v) is 10.5. The molecule has 2 fully saturated rings. The van der Waals surface area contributed by atoms with Gasteiger partial charge in [0.05, 0.1) is 0 Å². The molecule has 3 heteroatoms. The van der Waals surface area contributed by atoms with Crippen molar-refractivity contribution >= 4 is 5.91 Å². The summed E-state index contributed by atoms with van der Waals surface area (Å²) in [5, 5.41) is 3.30. The largest absolute Gasteiger partial charge is 0.341 e. The molecule has 3 unspecified atom stereocenters. The molecular formula is C13H24N2O. The predicted octanol–water partition coefficient (Wildman–Crippen LogP) is 1.63. The second-order valence-corrected chi connectivity index (χ2v) is 5.43. The Bertz CT molecular complexity index is 254. The van der Waals surface area contributed by atoms with Gasteiger partial charge in [0.25, 0.3) is 0 Å². The number of likely N-dealkylation sites (tertiary alicyclic amines) is 1. The van der Waals surface area contributed by atoms with E-state index in [4.69, 9.17) is 0 Å². The fourth-order valence-electron chi connectivity index (χ4n) is 3.16. The highest BCUT2D eigenvalue weighted by Gasteiger charge is 2.34. The fraction of sp³-hybridized carbons (Fsp3) is 0.923.